The Balaban J connectivity index is 1.37. The van der Waals surface area contributed by atoms with Crippen LogP contribution in [0.4, 0.5) is 16.0 Å². The Hall–Kier alpha value is -3.27. The van der Waals surface area contributed by atoms with Crippen LogP contribution in [0.15, 0.2) is 24.7 Å². The van der Waals surface area contributed by atoms with Gasteiger partial charge in [-0.1, -0.05) is 0 Å². The Morgan fingerprint density at radius 1 is 1.24 bits per heavy atom. The number of aromatic nitrogens is 4. The molecule has 33 heavy (non-hydrogen) atoms. The minimum absolute atomic E-state index is 0.207. The Kier molecular flexibility index (Phi) is 5.84. The summed E-state index contributed by atoms with van der Waals surface area (Å²) in [6.07, 6.45) is 6.99. The van der Waals surface area contributed by atoms with Crippen molar-refractivity contribution in [3.8, 4) is 5.88 Å². The molecule has 0 bridgehead atoms. The SMILES string of the molecule is CCOc1nc(N2CC[C@@H]3CNC[C@@H]3CC2)ncc1C(=O)Nc1cc(F)c2nc(C)cn2c1. The lowest BCUT2D eigenvalue weighted by Gasteiger charge is -2.21. The molecule has 0 unspecified atom stereocenters. The maximum atomic E-state index is 14.4. The summed E-state index contributed by atoms with van der Waals surface area (Å²) in [4.78, 5) is 28.4. The molecule has 2 aliphatic rings. The van der Waals surface area contributed by atoms with Gasteiger partial charge in [-0.05, 0) is 51.6 Å². The van der Waals surface area contributed by atoms with E-state index in [-0.39, 0.29) is 17.1 Å². The fraction of sp³-hybridized carbons (Fsp3) is 0.478. The van der Waals surface area contributed by atoms with E-state index in [9.17, 15) is 9.18 Å². The van der Waals surface area contributed by atoms with Gasteiger partial charge < -0.3 is 24.7 Å². The fourth-order valence-corrected chi connectivity index (χ4v) is 4.78. The summed E-state index contributed by atoms with van der Waals surface area (Å²) in [7, 11) is 0. The molecule has 5 rings (SSSR count). The van der Waals surface area contributed by atoms with Gasteiger partial charge in [0.05, 0.1) is 18.0 Å². The van der Waals surface area contributed by atoms with E-state index in [0.29, 0.717) is 35.8 Å². The standard InChI is InChI=1S/C23H28FN7O2/c1-3-33-22-18(21(32)28-17-8-19(24)20-27-14(2)12-31(20)13-17)11-26-23(29-22)30-6-4-15-9-25-10-16(15)5-7-30/h8,11-13,15-16,25H,3-7,9-10H2,1-2H3,(H,28,32)/t15-,16+. The van der Waals surface area contributed by atoms with Crippen LogP contribution < -0.4 is 20.3 Å². The van der Waals surface area contributed by atoms with Crippen LogP contribution in [0.25, 0.3) is 5.65 Å². The van der Waals surface area contributed by atoms with Gasteiger partial charge >= 0.3 is 0 Å². The molecular formula is C23H28FN7O2. The largest absolute Gasteiger partial charge is 0.477 e. The molecule has 0 saturated carbocycles. The number of ether oxygens (including phenoxy) is 1. The molecule has 10 heteroatoms. The van der Waals surface area contributed by atoms with Crippen LogP contribution in [-0.4, -0.2) is 58.0 Å². The summed E-state index contributed by atoms with van der Waals surface area (Å²) in [5, 5.41) is 6.21. The number of anilines is 2. The van der Waals surface area contributed by atoms with Crippen molar-refractivity contribution >= 4 is 23.2 Å². The molecule has 0 radical (unpaired) electrons. The van der Waals surface area contributed by atoms with E-state index in [1.54, 1.807) is 23.7 Å². The van der Waals surface area contributed by atoms with Gasteiger partial charge in [-0.25, -0.2) is 14.4 Å². The van der Waals surface area contributed by atoms with Crippen LogP contribution in [0.5, 0.6) is 5.88 Å². The lowest BCUT2D eigenvalue weighted by molar-refractivity contribution is 0.102. The van der Waals surface area contributed by atoms with Gasteiger partial charge in [0.1, 0.15) is 5.56 Å². The average Bonchev–Trinajstić information content (AvgIpc) is 3.34. The highest BCUT2D eigenvalue weighted by atomic mass is 19.1. The second-order valence-corrected chi connectivity index (χ2v) is 8.71. The quantitative estimate of drug-likeness (QED) is 0.613. The van der Waals surface area contributed by atoms with Gasteiger partial charge in [-0.2, -0.15) is 4.98 Å². The number of amides is 1. The predicted octanol–water partition coefficient (Wildman–Crippen LogP) is 2.66. The van der Waals surface area contributed by atoms with Crippen molar-refractivity contribution in [1.82, 2.24) is 24.7 Å². The fourth-order valence-electron chi connectivity index (χ4n) is 4.78. The van der Waals surface area contributed by atoms with Gasteiger partial charge in [0.15, 0.2) is 11.5 Å². The normalized spacial score (nSPS) is 20.5. The zero-order valence-electron chi connectivity index (χ0n) is 18.8. The maximum absolute atomic E-state index is 14.4. The first-order valence-corrected chi connectivity index (χ1v) is 11.4. The lowest BCUT2D eigenvalue weighted by atomic mass is 9.92. The van der Waals surface area contributed by atoms with Gasteiger partial charge in [0.25, 0.3) is 5.91 Å². The predicted molar refractivity (Wildman–Crippen MR) is 122 cm³/mol. The molecule has 3 aromatic rings. The Morgan fingerprint density at radius 2 is 2.00 bits per heavy atom. The molecule has 174 valence electrons. The molecule has 5 heterocycles. The van der Waals surface area contributed by atoms with Crippen LogP contribution in [-0.2, 0) is 0 Å². The van der Waals surface area contributed by atoms with Crippen LogP contribution in [0, 0.1) is 24.6 Å². The molecule has 0 aliphatic carbocycles. The third-order valence-corrected chi connectivity index (χ3v) is 6.45. The van der Waals surface area contributed by atoms with E-state index in [0.717, 1.165) is 39.0 Å². The van der Waals surface area contributed by atoms with Crippen molar-refractivity contribution in [1.29, 1.82) is 0 Å². The number of aryl methyl sites for hydroxylation is 1. The zero-order valence-corrected chi connectivity index (χ0v) is 18.8. The van der Waals surface area contributed by atoms with Crippen molar-refractivity contribution in [3.05, 3.63) is 41.7 Å². The van der Waals surface area contributed by atoms with Crippen molar-refractivity contribution < 1.29 is 13.9 Å². The molecule has 2 atom stereocenters. The van der Waals surface area contributed by atoms with E-state index < -0.39 is 11.7 Å². The molecule has 2 N–H and O–H groups in total. The van der Waals surface area contributed by atoms with Crippen molar-refractivity contribution in [3.63, 3.8) is 0 Å². The van der Waals surface area contributed by atoms with Gasteiger partial charge in [0, 0.05) is 37.7 Å². The second-order valence-electron chi connectivity index (χ2n) is 8.71. The molecule has 0 spiro atoms. The molecular weight excluding hydrogens is 425 g/mol. The summed E-state index contributed by atoms with van der Waals surface area (Å²) >= 11 is 0. The number of carbonyl (C=O) groups is 1. The molecule has 2 aliphatic heterocycles. The number of hydrogen-bond acceptors (Lipinski definition) is 7. The molecule has 1 amide bonds. The minimum atomic E-state index is -0.515. The van der Waals surface area contributed by atoms with E-state index >= 15 is 0 Å². The number of carbonyl (C=O) groups excluding carboxylic acids is 1. The first-order valence-electron chi connectivity index (χ1n) is 11.4. The number of nitrogens with zero attached hydrogens (tertiary/aromatic N) is 5. The Bertz CT molecular complexity index is 1170. The molecule has 2 saturated heterocycles. The average molecular weight is 454 g/mol. The maximum Gasteiger partial charge on any atom is 0.262 e. The number of hydrogen-bond donors (Lipinski definition) is 2. The topological polar surface area (TPSA) is 96.7 Å². The van der Waals surface area contributed by atoms with E-state index in [4.69, 9.17) is 4.74 Å². The number of rotatable bonds is 5. The summed E-state index contributed by atoms with van der Waals surface area (Å²) in [6.45, 7) is 7.90. The van der Waals surface area contributed by atoms with Crippen LogP contribution in [0.1, 0.15) is 35.8 Å². The highest BCUT2D eigenvalue weighted by Gasteiger charge is 2.31. The summed E-state index contributed by atoms with van der Waals surface area (Å²) in [5.74, 6) is 1.22. The van der Waals surface area contributed by atoms with Gasteiger partial charge in [-0.3, -0.25) is 4.79 Å². The number of pyridine rings is 1. The monoisotopic (exact) mass is 453 g/mol. The number of fused-ring (bicyclic) bond motifs is 2. The second kappa shape index (κ2) is 8.93. The zero-order chi connectivity index (χ0) is 22.9. The third kappa shape index (κ3) is 4.35. The lowest BCUT2D eigenvalue weighted by Crippen LogP contribution is -2.28. The summed E-state index contributed by atoms with van der Waals surface area (Å²) in [6, 6.07) is 1.25. The summed E-state index contributed by atoms with van der Waals surface area (Å²) < 4.78 is 21.6. The molecule has 2 fully saturated rings. The number of halogens is 1. The number of nitrogens with one attached hydrogen (secondary N) is 2. The highest BCUT2D eigenvalue weighted by Crippen LogP contribution is 2.29. The third-order valence-electron chi connectivity index (χ3n) is 6.45. The Morgan fingerprint density at radius 3 is 2.73 bits per heavy atom. The van der Waals surface area contributed by atoms with Crippen LogP contribution in [0.2, 0.25) is 0 Å². The van der Waals surface area contributed by atoms with E-state index in [1.165, 1.54) is 12.3 Å². The minimum Gasteiger partial charge on any atom is -0.477 e. The van der Waals surface area contributed by atoms with Crippen molar-refractivity contribution in [2.45, 2.75) is 26.7 Å². The van der Waals surface area contributed by atoms with Gasteiger partial charge in [-0.15, -0.1) is 0 Å². The van der Waals surface area contributed by atoms with Crippen LogP contribution in [0.3, 0.4) is 0 Å². The Labute approximate surface area is 191 Å². The summed E-state index contributed by atoms with van der Waals surface area (Å²) in [5.41, 5.74) is 1.42. The first kappa shape index (κ1) is 21.6. The van der Waals surface area contributed by atoms with Crippen molar-refractivity contribution in [2.75, 3.05) is 43.0 Å². The number of imidazole rings is 1. The van der Waals surface area contributed by atoms with E-state index in [1.807, 2.05) is 6.92 Å². The first-order chi connectivity index (χ1) is 16.0. The smallest absolute Gasteiger partial charge is 0.262 e. The van der Waals surface area contributed by atoms with Crippen molar-refractivity contribution in [2.24, 2.45) is 11.8 Å². The van der Waals surface area contributed by atoms with E-state index in [2.05, 4.69) is 30.5 Å². The molecule has 3 aromatic heterocycles. The van der Waals surface area contributed by atoms with Gasteiger partial charge in [0.2, 0.25) is 11.8 Å². The highest BCUT2D eigenvalue weighted by molar-refractivity contribution is 6.05. The van der Waals surface area contributed by atoms with Crippen LogP contribution >= 0.6 is 0 Å². The molecule has 9 nitrogen and oxygen atoms in total. The molecule has 0 aromatic carbocycles.